The number of hydrogen-bond acceptors (Lipinski definition) is 1. The topological polar surface area (TPSA) is 20.2 Å². The van der Waals surface area contributed by atoms with E-state index in [1.54, 1.807) is 0 Å². The van der Waals surface area contributed by atoms with Gasteiger partial charge in [-0.2, -0.15) is 0 Å². The van der Waals surface area contributed by atoms with Crippen LogP contribution in [-0.4, -0.2) is 11.2 Å². The molecule has 0 aliphatic carbocycles. The highest BCUT2D eigenvalue weighted by molar-refractivity contribution is 7.61. The molecule has 4 rings (SSSR count). The maximum absolute atomic E-state index is 11.4. The lowest BCUT2D eigenvalue weighted by atomic mass is 9.79. The number of hydrogen-bond donors (Lipinski definition) is 1. The lowest BCUT2D eigenvalue weighted by Crippen LogP contribution is -2.34. The van der Waals surface area contributed by atoms with Gasteiger partial charge in [0.1, 0.15) is 0 Å². The number of benzene rings is 3. The standard InChI is InChI=1S/C25H27OP/c1-18(24(26)25(2,3)17-19-11-5-4-6-12-19)27-22-15-9-7-13-20(22)21-14-8-10-16-23(21)27/h4-16,18,24,26H,17H2,1-3H3/t18-,24+/m1/s1. The second-order valence-electron chi connectivity index (χ2n) is 8.24. The van der Waals surface area contributed by atoms with Gasteiger partial charge in [-0.05, 0) is 28.2 Å². The molecule has 0 fully saturated rings. The largest absolute Gasteiger partial charge is 0.392 e. The highest BCUT2D eigenvalue weighted by atomic mass is 31.1. The Morgan fingerprint density at radius 2 is 1.26 bits per heavy atom. The molecular formula is C25H27OP. The minimum absolute atomic E-state index is 0.185. The average molecular weight is 374 g/mol. The zero-order chi connectivity index (χ0) is 19.0. The summed E-state index contributed by atoms with van der Waals surface area (Å²) in [5, 5.41) is 17.0. The highest BCUT2D eigenvalue weighted by Gasteiger charge is 2.34. The molecule has 27 heavy (non-hydrogen) atoms. The molecule has 0 radical (unpaired) electrons. The third kappa shape index (κ3) is 3.31. The van der Waals surface area contributed by atoms with Gasteiger partial charge in [-0.1, -0.05) is 99.6 Å². The molecule has 0 bridgehead atoms. The first-order valence-corrected chi connectivity index (χ1v) is 11.1. The van der Waals surface area contributed by atoms with Crippen LogP contribution in [0.25, 0.3) is 21.0 Å². The van der Waals surface area contributed by atoms with E-state index in [1.165, 1.54) is 26.6 Å². The fourth-order valence-electron chi connectivity index (χ4n) is 4.41. The molecule has 0 unspecified atom stereocenters. The van der Waals surface area contributed by atoms with E-state index in [2.05, 4.69) is 93.6 Å². The van der Waals surface area contributed by atoms with Crippen molar-refractivity contribution in [1.29, 1.82) is 0 Å². The maximum atomic E-state index is 11.4. The van der Waals surface area contributed by atoms with Gasteiger partial charge in [0, 0.05) is 15.9 Å². The average Bonchev–Trinajstić information content (AvgIpc) is 3.02. The molecule has 1 N–H and O–H groups in total. The van der Waals surface area contributed by atoms with E-state index in [1.807, 2.05) is 6.07 Å². The van der Waals surface area contributed by atoms with Crippen LogP contribution in [0.15, 0.2) is 78.9 Å². The van der Waals surface area contributed by atoms with Crippen molar-refractivity contribution in [2.75, 3.05) is 0 Å². The van der Waals surface area contributed by atoms with Gasteiger partial charge < -0.3 is 5.11 Å². The maximum Gasteiger partial charge on any atom is 0.0692 e. The van der Waals surface area contributed by atoms with Gasteiger partial charge in [0.2, 0.25) is 0 Å². The summed E-state index contributed by atoms with van der Waals surface area (Å²) in [5.41, 5.74) is 1.30. The zero-order valence-electron chi connectivity index (χ0n) is 16.3. The Morgan fingerprint density at radius 1 is 0.778 bits per heavy atom. The van der Waals surface area contributed by atoms with Crippen molar-refractivity contribution in [2.24, 2.45) is 5.41 Å². The van der Waals surface area contributed by atoms with Crippen LogP contribution in [0.4, 0.5) is 0 Å². The van der Waals surface area contributed by atoms with Crippen LogP contribution in [0.5, 0.6) is 0 Å². The van der Waals surface area contributed by atoms with Crippen molar-refractivity contribution >= 4 is 28.5 Å². The Kier molecular flexibility index (Phi) is 4.84. The van der Waals surface area contributed by atoms with E-state index < -0.39 is 7.53 Å². The molecule has 0 saturated heterocycles. The Balaban J connectivity index is 1.76. The molecule has 2 atom stereocenters. The number of rotatable bonds is 5. The van der Waals surface area contributed by atoms with E-state index in [9.17, 15) is 5.11 Å². The van der Waals surface area contributed by atoms with E-state index in [-0.39, 0.29) is 17.2 Å². The van der Waals surface area contributed by atoms with E-state index in [0.29, 0.717) is 0 Å². The normalized spacial score (nSPS) is 14.5. The highest BCUT2D eigenvalue weighted by Crippen LogP contribution is 2.58. The minimum atomic E-state index is -0.566. The number of aliphatic hydroxyl groups is 1. The first kappa shape index (κ1) is 18.3. The van der Waals surface area contributed by atoms with Crippen molar-refractivity contribution in [3.8, 4) is 0 Å². The van der Waals surface area contributed by atoms with Crippen LogP contribution in [0.1, 0.15) is 32.0 Å². The van der Waals surface area contributed by atoms with Crippen LogP contribution >= 0.6 is 7.53 Å². The van der Waals surface area contributed by atoms with Crippen LogP contribution in [0, 0.1) is 5.41 Å². The van der Waals surface area contributed by atoms with Crippen LogP contribution < -0.4 is 0 Å². The van der Waals surface area contributed by atoms with Crippen molar-refractivity contribution in [1.82, 2.24) is 0 Å². The van der Waals surface area contributed by atoms with Gasteiger partial charge in [0.15, 0.2) is 0 Å². The molecule has 2 heteroatoms. The Bertz CT molecular complexity index is 1010. The molecule has 0 aliphatic rings. The smallest absolute Gasteiger partial charge is 0.0692 e. The number of fused-ring (bicyclic) bond motifs is 3. The fraction of sp³-hybridized carbons (Fsp3) is 0.280. The monoisotopic (exact) mass is 374 g/mol. The SMILES string of the molecule is C[C@H]([C@H](O)C(C)(C)Cc1ccccc1)p1c2ccccc2c2ccccc21. The molecule has 1 nitrogen and oxygen atoms in total. The second-order valence-corrected chi connectivity index (χ2v) is 10.8. The summed E-state index contributed by atoms with van der Waals surface area (Å²) in [5.74, 6) is 0. The summed E-state index contributed by atoms with van der Waals surface area (Å²) in [7, 11) is -0.566. The molecular weight excluding hydrogens is 347 g/mol. The van der Waals surface area contributed by atoms with Crippen molar-refractivity contribution in [2.45, 2.75) is 39.0 Å². The van der Waals surface area contributed by atoms with Crippen molar-refractivity contribution in [3.63, 3.8) is 0 Å². The van der Waals surface area contributed by atoms with Gasteiger partial charge in [0.25, 0.3) is 0 Å². The second kappa shape index (κ2) is 7.15. The third-order valence-corrected chi connectivity index (χ3v) is 8.70. The summed E-state index contributed by atoms with van der Waals surface area (Å²) < 4.78 is 0. The molecule has 0 spiro atoms. The zero-order valence-corrected chi connectivity index (χ0v) is 17.2. The first-order valence-electron chi connectivity index (χ1n) is 9.69. The summed E-state index contributed by atoms with van der Waals surface area (Å²) in [6.07, 6.45) is 0.509. The fourth-order valence-corrected chi connectivity index (χ4v) is 7.64. The molecule has 0 saturated carbocycles. The summed E-state index contributed by atoms with van der Waals surface area (Å²) >= 11 is 0. The van der Waals surface area contributed by atoms with Gasteiger partial charge in [-0.15, -0.1) is 7.53 Å². The molecule has 0 amide bonds. The molecule has 1 aromatic heterocycles. The third-order valence-electron chi connectivity index (χ3n) is 5.78. The molecule has 138 valence electrons. The summed E-state index contributed by atoms with van der Waals surface area (Å²) in [6.45, 7) is 6.64. The lowest BCUT2D eigenvalue weighted by Gasteiger charge is -2.35. The van der Waals surface area contributed by atoms with Gasteiger partial charge >= 0.3 is 0 Å². The Hall–Kier alpha value is -2.08. The van der Waals surface area contributed by atoms with Crippen LogP contribution in [-0.2, 0) is 6.42 Å². The van der Waals surface area contributed by atoms with E-state index in [0.717, 1.165) is 6.42 Å². The predicted molar refractivity (Wildman–Crippen MR) is 119 cm³/mol. The molecule has 1 heterocycles. The van der Waals surface area contributed by atoms with Gasteiger partial charge in [0.05, 0.1) is 6.10 Å². The van der Waals surface area contributed by atoms with Crippen LogP contribution in [0.2, 0.25) is 0 Å². The minimum Gasteiger partial charge on any atom is -0.392 e. The Labute approximate surface area is 162 Å². The lowest BCUT2D eigenvalue weighted by molar-refractivity contribution is 0.0431. The molecule has 3 aromatic carbocycles. The van der Waals surface area contributed by atoms with Gasteiger partial charge in [-0.25, -0.2) is 0 Å². The summed E-state index contributed by atoms with van der Waals surface area (Å²) in [6, 6.07) is 28.0. The predicted octanol–water partition coefficient (Wildman–Crippen LogP) is 7.17. The molecule has 0 aliphatic heterocycles. The summed E-state index contributed by atoms with van der Waals surface area (Å²) in [4.78, 5) is 0. The first-order chi connectivity index (χ1) is 13.0. The van der Waals surface area contributed by atoms with E-state index in [4.69, 9.17) is 0 Å². The van der Waals surface area contributed by atoms with E-state index >= 15 is 0 Å². The van der Waals surface area contributed by atoms with Crippen molar-refractivity contribution < 1.29 is 5.11 Å². The quantitative estimate of drug-likeness (QED) is 0.392. The van der Waals surface area contributed by atoms with Crippen molar-refractivity contribution in [3.05, 3.63) is 84.4 Å². The molecule has 4 aromatic rings. The van der Waals surface area contributed by atoms with Crippen LogP contribution in [0.3, 0.4) is 0 Å². The number of aliphatic hydroxyl groups excluding tert-OH is 1. The van der Waals surface area contributed by atoms with Gasteiger partial charge in [-0.3, -0.25) is 0 Å². The Morgan fingerprint density at radius 3 is 1.81 bits per heavy atom.